The molecular weight excluding hydrogens is 196 g/mol. The molecule has 0 aromatic carbocycles. The topological polar surface area (TPSA) is 91.7 Å². The van der Waals surface area contributed by atoms with Gasteiger partial charge in [0.15, 0.2) is 0 Å². The van der Waals surface area contributed by atoms with Crippen molar-refractivity contribution in [2.45, 2.75) is 6.42 Å². The first kappa shape index (κ1) is 10.5. The molecule has 0 bridgehead atoms. The number of sulfone groups is 1. The van der Waals surface area contributed by atoms with Crippen molar-refractivity contribution in [2.24, 2.45) is 11.3 Å². The number of hydrogen-bond acceptors (Lipinski definition) is 4. The van der Waals surface area contributed by atoms with E-state index in [1.807, 2.05) is 0 Å². The molecule has 0 aliphatic heterocycles. The van der Waals surface area contributed by atoms with Gasteiger partial charge >= 0.3 is 5.97 Å². The number of rotatable bonds is 4. The fourth-order valence-electron chi connectivity index (χ4n) is 1.49. The van der Waals surface area contributed by atoms with E-state index in [1.165, 1.54) is 0 Å². The van der Waals surface area contributed by atoms with Gasteiger partial charge in [0.05, 0.1) is 17.8 Å². The molecule has 0 unspecified atom stereocenters. The first-order valence-corrected chi connectivity index (χ1v) is 5.90. The van der Waals surface area contributed by atoms with Crippen molar-refractivity contribution < 1.29 is 23.4 Å². The normalized spacial score (nSPS) is 32.9. The highest BCUT2D eigenvalue weighted by atomic mass is 32.2. The lowest BCUT2D eigenvalue weighted by atomic mass is 10.1. The predicted molar refractivity (Wildman–Crippen MR) is 45.0 cm³/mol. The minimum atomic E-state index is -3.15. The van der Waals surface area contributed by atoms with E-state index in [0.717, 1.165) is 6.26 Å². The fraction of sp³-hybridized carbons (Fsp3) is 0.857. The molecule has 2 N–H and O–H groups in total. The molecule has 0 aromatic rings. The molecule has 0 aromatic heterocycles. The number of aliphatic hydroxyl groups is 1. The van der Waals surface area contributed by atoms with Crippen LogP contribution in [-0.4, -0.2) is 43.2 Å². The van der Waals surface area contributed by atoms with Crippen LogP contribution in [0.15, 0.2) is 0 Å². The molecule has 1 aliphatic rings. The van der Waals surface area contributed by atoms with E-state index >= 15 is 0 Å². The van der Waals surface area contributed by atoms with Crippen molar-refractivity contribution >= 4 is 15.8 Å². The molecule has 0 radical (unpaired) electrons. The Morgan fingerprint density at radius 1 is 1.62 bits per heavy atom. The second-order valence-corrected chi connectivity index (χ2v) is 5.80. The van der Waals surface area contributed by atoms with Gasteiger partial charge in [-0.1, -0.05) is 0 Å². The molecule has 1 saturated carbocycles. The predicted octanol–water partition coefficient (Wildman–Crippen LogP) is -0.886. The summed E-state index contributed by atoms with van der Waals surface area (Å²) in [5, 5.41) is 17.5. The molecule has 6 heteroatoms. The van der Waals surface area contributed by atoms with E-state index in [2.05, 4.69) is 0 Å². The third-order valence-electron chi connectivity index (χ3n) is 2.44. The van der Waals surface area contributed by atoms with Crippen LogP contribution in [0.5, 0.6) is 0 Å². The quantitative estimate of drug-likeness (QED) is 0.625. The molecule has 5 nitrogen and oxygen atoms in total. The molecule has 1 fully saturated rings. The van der Waals surface area contributed by atoms with Crippen LogP contribution in [0, 0.1) is 11.3 Å². The molecule has 0 saturated heterocycles. The first-order valence-electron chi connectivity index (χ1n) is 3.84. The van der Waals surface area contributed by atoms with Gasteiger partial charge in [0.1, 0.15) is 9.84 Å². The van der Waals surface area contributed by atoms with E-state index in [-0.39, 0.29) is 12.2 Å². The number of carboxylic acid groups (broad SMARTS) is 1. The Labute approximate surface area is 76.3 Å². The summed E-state index contributed by atoms with van der Waals surface area (Å²) in [6.45, 7) is -0.484. The van der Waals surface area contributed by atoms with Gasteiger partial charge in [-0.3, -0.25) is 4.79 Å². The zero-order chi connectivity index (χ0) is 10.3. The lowest BCUT2D eigenvalue weighted by molar-refractivity contribution is -0.145. The van der Waals surface area contributed by atoms with Crippen LogP contribution < -0.4 is 0 Å². The van der Waals surface area contributed by atoms with E-state index in [9.17, 15) is 13.2 Å². The maximum atomic E-state index is 10.8. The van der Waals surface area contributed by atoms with Crippen LogP contribution in [0.3, 0.4) is 0 Å². The standard InChI is InChI=1S/C7H12O5S/c1-13(11,12)3-5-2-7(5,4-8)6(9)10/h5,8H,2-4H2,1H3,(H,9,10)/t5-,7+/m1/s1. The Balaban J connectivity index is 2.67. The second kappa shape index (κ2) is 2.95. The molecule has 76 valence electrons. The lowest BCUT2D eigenvalue weighted by Crippen LogP contribution is -2.24. The summed E-state index contributed by atoms with van der Waals surface area (Å²) < 4.78 is 21.7. The van der Waals surface area contributed by atoms with Crippen LogP contribution in [0.25, 0.3) is 0 Å². The Bertz CT molecular complexity index is 320. The largest absolute Gasteiger partial charge is 0.481 e. The Kier molecular flexibility index (Phi) is 2.38. The van der Waals surface area contributed by atoms with Crippen molar-refractivity contribution in [3.05, 3.63) is 0 Å². The van der Waals surface area contributed by atoms with Gasteiger partial charge in [-0.25, -0.2) is 8.42 Å². The monoisotopic (exact) mass is 208 g/mol. The zero-order valence-electron chi connectivity index (χ0n) is 7.23. The molecular formula is C7H12O5S. The molecule has 0 heterocycles. The van der Waals surface area contributed by atoms with Gasteiger partial charge in [-0.2, -0.15) is 0 Å². The summed E-state index contributed by atoms with van der Waals surface area (Å²) >= 11 is 0. The van der Waals surface area contributed by atoms with E-state index in [1.54, 1.807) is 0 Å². The maximum Gasteiger partial charge on any atom is 0.312 e. The van der Waals surface area contributed by atoms with E-state index < -0.39 is 33.7 Å². The number of aliphatic hydroxyl groups excluding tert-OH is 1. The number of aliphatic carboxylic acids is 1. The van der Waals surface area contributed by atoms with Crippen LogP contribution in [0.4, 0.5) is 0 Å². The molecule has 1 aliphatic carbocycles. The van der Waals surface area contributed by atoms with Gasteiger partial charge in [0.25, 0.3) is 0 Å². The van der Waals surface area contributed by atoms with Crippen LogP contribution in [-0.2, 0) is 14.6 Å². The summed E-state index contributed by atoms with van der Waals surface area (Å²) in [7, 11) is -3.15. The number of carbonyl (C=O) groups is 1. The third kappa shape index (κ3) is 2.00. The van der Waals surface area contributed by atoms with Crippen molar-refractivity contribution in [1.82, 2.24) is 0 Å². The number of hydrogen-bond donors (Lipinski definition) is 2. The average molecular weight is 208 g/mol. The zero-order valence-corrected chi connectivity index (χ0v) is 8.04. The molecule has 13 heavy (non-hydrogen) atoms. The van der Waals surface area contributed by atoms with Crippen molar-refractivity contribution in [3.8, 4) is 0 Å². The van der Waals surface area contributed by atoms with Gasteiger partial charge in [0, 0.05) is 6.26 Å². The van der Waals surface area contributed by atoms with Gasteiger partial charge in [0.2, 0.25) is 0 Å². The first-order chi connectivity index (χ1) is 5.82. The number of carboxylic acids is 1. The Hall–Kier alpha value is -0.620. The van der Waals surface area contributed by atoms with Gasteiger partial charge < -0.3 is 10.2 Å². The molecule has 2 atom stereocenters. The van der Waals surface area contributed by atoms with E-state index in [0.29, 0.717) is 0 Å². The van der Waals surface area contributed by atoms with E-state index in [4.69, 9.17) is 10.2 Å². The van der Waals surface area contributed by atoms with Gasteiger partial charge in [-0.05, 0) is 12.3 Å². The molecule has 0 spiro atoms. The van der Waals surface area contributed by atoms with Gasteiger partial charge in [-0.15, -0.1) is 0 Å². The smallest absolute Gasteiger partial charge is 0.312 e. The minimum Gasteiger partial charge on any atom is -0.481 e. The summed E-state index contributed by atoms with van der Waals surface area (Å²) in [6, 6.07) is 0. The molecule has 0 amide bonds. The van der Waals surface area contributed by atoms with Crippen molar-refractivity contribution in [2.75, 3.05) is 18.6 Å². The van der Waals surface area contributed by atoms with Crippen LogP contribution in [0.1, 0.15) is 6.42 Å². The maximum absolute atomic E-state index is 10.8. The van der Waals surface area contributed by atoms with Crippen molar-refractivity contribution in [3.63, 3.8) is 0 Å². The summed E-state index contributed by atoms with van der Waals surface area (Å²) in [5.41, 5.74) is -1.19. The average Bonchev–Trinajstić information content (AvgIpc) is 2.60. The lowest BCUT2D eigenvalue weighted by Gasteiger charge is -2.06. The highest BCUT2D eigenvalue weighted by Gasteiger charge is 2.60. The highest BCUT2D eigenvalue weighted by Crippen LogP contribution is 2.52. The van der Waals surface area contributed by atoms with Crippen LogP contribution in [0.2, 0.25) is 0 Å². The van der Waals surface area contributed by atoms with Crippen molar-refractivity contribution in [1.29, 1.82) is 0 Å². The Morgan fingerprint density at radius 3 is 2.38 bits per heavy atom. The summed E-state index contributed by atoms with van der Waals surface area (Å²) in [5.74, 6) is -1.69. The fourth-order valence-corrected chi connectivity index (χ4v) is 2.66. The molecule has 1 rings (SSSR count). The summed E-state index contributed by atoms with van der Waals surface area (Å²) in [4.78, 5) is 10.7. The second-order valence-electron chi connectivity index (χ2n) is 3.61. The Morgan fingerprint density at radius 2 is 2.15 bits per heavy atom. The van der Waals surface area contributed by atoms with Crippen LogP contribution >= 0.6 is 0 Å². The SMILES string of the molecule is CS(=O)(=O)C[C@H]1C[C@@]1(CO)C(=O)O. The summed E-state index contributed by atoms with van der Waals surface area (Å²) in [6.07, 6.45) is 1.32. The third-order valence-corrected chi connectivity index (χ3v) is 3.45. The minimum absolute atomic E-state index is 0.153. The highest BCUT2D eigenvalue weighted by molar-refractivity contribution is 7.90.